The van der Waals surface area contributed by atoms with Crippen molar-refractivity contribution in [1.29, 1.82) is 0 Å². The van der Waals surface area contributed by atoms with Gasteiger partial charge in [0.15, 0.2) is 0 Å². The van der Waals surface area contributed by atoms with Crippen molar-refractivity contribution in [2.75, 3.05) is 6.54 Å². The molecule has 1 rings (SSSR count). The Balaban J connectivity index is 2.21. The highest BCUT2D eigenvalue weighted by molar-refractivity contribution is 5.82. The molecule has 52 valence electrons. The van der Waals surface area contributed by atoms with E-state index in [0.29, 0.717) is 6.54 Å². The smallest absolute Gasteiger partial charge is 0.134 e. The van der Waals surface area contributed by atoms with Crippen LogP contribution in [0.2, 0.25) is 0 Å². The fourth-order valence-electron chi connectivity index (χ4n) is 0.909. The number of hydrogen-bond acceptors (Lipinski definition) is 3. The zero-order valence-corrected chi connectivity index (χ0v) is 5.63. The van der Waals surface area contributed by atoms with Crippen LogP contribution in [-0.4, -0.2) is 18.4 Å². The molecule has 0 bridgehead atoms. The van der Waals surface area contributed by atoms with Crippen LogP contribution >= 0.6 is 0 Å². The fraction of sp³-hybridized carbons (Fsp3) is 0.833. The molecular formula is C6H12N2O. The van der Waals surface area contributed by atoms with Crippen molar-refractivity contribution in [1.82, 2.24) is 0 Å². The van der Waals surface area contributed by atoms with Gasteiger partial charge in [-0.25, -0.2) is 0 Å². The molecule has 1 unspecified atom stereocenters. The number of oxime groups is 1. The van der Waals surface area contributed by atoms with Crippen LogP contribution in [0.15, 0.2) is 5.16 Å². The van der Waals surface area contributed by atoms with Crippen LogP contribution in [0.25, 0.3) is 0 Å². The van der Waals surface area contributed by atoms with E-state index in [2.05, 4.69) is 5.16 Å². The summed E-state index contributed by atoms with van der Waals surface area (Å²) in [5, 5.41) is 3.80. The summed E-state index contributed by atoms with van der Waals surface area (Å²) >= 11 is 0. The zero-order valence-electron chi connectivity index (χ0n) is 5.63. The Hall–Kier alpha value is -0.570. The predicted molar refractivity (Wildman–Crippen MR) is 36.3 cm³/mol. The Morgan fingerprint density at radius 3 is 3.11 bits per heavy atom. The topological polar surface area (TPSA) is 47.6 Å². The lowest BCUT2D eigenvalue weighted by atomic mass is 10.1. The first-order valence-corrected chi connectivity index (χ1v) is 3.22. The van der Waals surface area contributed by atoms with Crippen molar-refractivity contribution >= 4 is 5.71 Å². The highest BCUT2D eigenvalue weighted by Gasteiger charge is 2.15. The Bertz CT molecular complexity index is 122. The molecule has 0 aromatic heterocycles. The maximum atomic E-state index is 5.32. The van der Waals surface area contributed by atoms with E-state index in [9.17, 15) is 0 Å². The van der Waals surface area contributed by atoms with Crippen LogP contribution in [0.4, 0.5) is 0 Å². The summed E-state index contributed by atoms with van der Waals surface area (Å²) in [5.41, 5.74) is 6.40. The quantitative estimate of drug-likeness (QED) is 0.588. The Morgan fingerprint density at radius 1 is 1.89 bits per heavy atom. The molecule has 0 fully saturated rings. The highest BCUT2D eigenvalue weighted by Crippen LogP contribution is 2.11. The van der Waals surface area contributed by atoms with Gasteiger partial charge in [0.05, 0.1) is 5.71 Å². The summed E-state index contributed by atoms with van der Waals surface area (Å²) in [4.78, 5) is 5.01. The van der Waals surface area contributed by atoms with Gasteiger partial charge >= 0.3 is 0 Å². The van der Waals surface area contributed by atoms with E-state index in [0.717, 1.165) is 18.6 Å². The van der Waals surface area contributed by atoms with Crippen molar-refractivity contribution in [2.45, 2.75) is 25.9 Å². The van der Waals surface area contributed by atoms with E-state index in [1.807, 2.05) is 6.92 Å². The summed E-state index contributed by atoms with van der Waals surface area (Å²) in [5.74, 6) is 0. The van der Waals surface area contributed by atoms with E-state index in [1.54, 1.807) is 0 Å². The third-order valence-electron chi connectivity index (χ3n) is 1.37. The van der Waals surface area contributed by atoms with Crippen LogP contribution in [0.3, 0.4) is 0 Å². The first-order valence-electron chi connectivity index (χ1n) is 3.22. The average Bonchev–Trinajstić information content (AvgIpc) is 2.17. The minimum absolute atomic E-state index is 0.259. The molecule has 1 aliphatic rings. The Kier molecular flexibility index (Phi) is 2.05. The highest BCUT2D eigenvalue weighted by atomic mass is 16.6. The van der Waals surface area contributed by atoms with Crippen molar-refractivity contribution in [3.8, 4) is 0 Å². The largest absolute Gasteiger partial charge is 0.392 e. The molecule has 3 nitrogen and oxygen atoms in total. The molecule has 0 aromatic rings. The van der Waals surface area contributed by atoms with Gasteiger partial charge in [-0.2, -0.15) is 0 Å². The van der Waals surface area contributed by atoms with Gasteiger partial charge in [-0.1, -0.05) is 5.16 Å². The first-order chi connectivity index (χ1) is 4.33. The van der Waals surface area contributed by atoms with Crippen molar-refractivity contribution in [3.05, 3.63) is 0 Å². The lowest BCUT2D eigenvalue weighted by Crippen LogP contribution is -2.13. The van der Waals surface area contributed by atoms with E-state index in [-0.39, 0.29) is 6.10 Å². The Morgan fingerprint density at radius 2 is 2.67 bits per heavy atom. The van der Waals surface area contributed by atoms with E-state index in [4.69, 9.17) is 10.6 Å². The number of rotatable bonds is 2. The second kappa shape index (κ2) is 2.82. The van der Waals surface area contributed by atoms with E-state index >= 15 is 0 Å². The summed E-state index contributed by atoms with van der Waals surface area (Å²) in [6, 6.07) is 0. The van der Waals surface area contributed by atoms with Crippen LogP contribution in [0.5, 0.6) is 0 Å². The minimum Gasteiger partial charge on any atom is -0.392 e. The van der Waals surface area contributed by atoms with Gasteiger partial charge in [0.25, 0.3) is 0 Å². The average molecular weight is 128 g/mol. The number of nitrogens with two attached hydrogens (primary N) is 1. The maximum Gasteiger partial charge on any atom is 0.134 e. The Labute approximate surface area is 54.9 Å². The molecule has 2 N–H and O–H groups in total. The predicted octanol–water partition coefficient (Wildman–Crippen LogP) is 0.500. The zero-order chi connectivity index (χ0) is 6.69. The molecule has 0 aromatic carbocycles. The SMILES string of the molecule is CC1=NOC(CCN)C1. The van der Waals surface area contributed by atoms with Crippen LogP contribution < -0.4 is 5.73 Å². The second-order valence-corrected chi connectivity index (χ2v) is 2.34. The second-order valence-electron chi connectivity index (χ2n) is 2.34. The molecule has 1 heterocycles. The van der Waals surface area contributed by atoms with Crippen LogP contribution in [0, 0.1) is 0 Å². The third kappa shape index (κ3) is 1.68. The van der Waals surface area contributed by atoms with Crippen molar-refractivity contribution in [2.24, 2.45) is 10.9 Å². The monoisotopic (exact) mass is 128 g/mol. The molecule has 1 atom stereocenters. The summed E-state index contributed by atoms with van der Waals surface area (Å²) in [6.07, 6.45) is 2.13. The number of hydrogen-bond donors (Lipinski definition) is 1. The van der Waals surface area contributed by atoms with E-state index < -0.39 is 0 Å². The molecule has 0 amide bonds. The molecule has 9 heavy (non-hydrogen) atoms. The molecule has 1 aliphatic heterocycles. The normalized spacial score (nSPS) is 25.6. The minimum atomic E-state index is 0.259. The lowest BCUT2D eigenvalue weighted by molar-refractivity contribution is 0.0810. The van der Waals surface area contributed by atoms with Gasteiger partial charge in [0.1, 0.15) is 6.10 Å². The fourth-order valence-corrected chi connectivity index (χ4v) is 0.909. The standard InChI is InChI=1S/C6H12N2O/c1-5-4-6(2-3-7)9-8-5/h6H,2-4,7H2,1H3. The molecule has 0 aliphatic carbocycles. The van der Waals surface area contributed by atoms with Crippen LogP contribution in [0.1, 0.15) is 19.8 Å². The van der Waals surface area contributed by atoms with Gasteiger partial charge in [-0.15, -0.1) is 0 Å². The lowest BCUT2D eigenvalue weighted by Gasteiger charge is -2.03. The summed E-state index contributed by atoms with van der Waals surface area (Å²) in [6.45, 7) is 2.66. The van der Waals surface area contributed by atoms with Gasteiger partial charge in [0, 0.05) is 6.42 Å². The maximum absolute atomic E-state index is 5.32. The van der Waals surface area contributed by atoms with E-state index in [1.165, 1.54) is 0 Å². The van der Waals surface area contributed by atoms with Gasteiger partial charge in [-0.05, 0) is 19.9 Å². The van der Waals surface area contributed by atoms with Crippen molar-refractivity contribution < 1.29 is 4.84 Å². The van der Waals surface area contributed by atoms with Crippen molar-refractivity contribution in [3.63, 3.8) is 0 Å². The third-order valence-corrected chi connectivity index (χ3v) is 1.37. The van der Waals surface area contributed by atoms with Gasteiger partial charge in [-0.3, -0.25) is 0 Å². The number of nitrogens with zero attached hydrogens (tertiary/aromatic N) is 1. The van der Waals surface area contributed by atoms with Crippen LogP contribution in [-0.2, 0) is 4.84 Å². The molecule has 0 saturated carbocycles. The molecule has 0 spiro atoms. The molecule has 0 saturated heterocycles. The summed E-state index contributed by atoms with van der Waals surface area (Å²) < 4.78 is 0. The first kappa shape index (κ1) is 6.55. The molecule has 3 heteroatoms. The molecule has 0 radical (unpaired) electrons. The van der Waals surface area contributed by atoms with Gasteiger partial charge in [0.2, 0.25) is 0 Å². The van der Waals surface area contributed by atoms with Gasteiger partial charge < -0.3 is 10.6 Å². The molecular weight excluding hydrogens is 116 g/mol. The summed E-state index contributed by atoms with van der Waals surface area (Å²) in [7, 11) is 0.